The van der Waals surface area contributed by atoms with Gasteiger partial charge in [-0.1, -0.05) is 26.8 Å². The monoisotopic (exact) mass is 285 g/mol. The Kier molecular flexibility index (Phi) is 2.62. The molecule has 0 radical (unpaired) electrons. The van der Waals surface area contributed by atoms with E-state index in [1.807, 2.05) is 26.8 Å². The number of fused-ring (bicyclic) bond motifs is 3. The highest BCUT2D eigenvalue weighted by Crippen LogP contribution is 2.53. The first-order chi connectivity index (χ1) is 9.73. The zero-order chi connectivity index (χ0) is 15.6. The van der Waals surface area contributed by atoms with Gasteiger partial charge in [0.25, 0.3) is 5.56 Å². The van der Waals surface area contributed by atoms with E-state index >= 15 is 0 Å². The minimum Gasteiger partial charge on any atom is -0.299 e. The Hall–Kier alpha value is -2.09. The Balaban J connectivity index is 2.33. The molecule has 1 aromatic heterocycles. The lowest BCUT2D eigenvalue weighted by molar-refractivity contribution is -0.128. The number of carbonyl (C=O) groups excluding carboxylic acids is 1. The first-order valence-corrected chi connectivity index (χ1v) is 7.19. The van der Waals surface area contributed by atoms with Crippen molar-refractivity contribution >= 4 is 5.78 Å². The molecule has 0 spiro atoms. The molecule has 0 saturated carbocycles. The van der Waals surface area contributed by atoms with Crippen molar-refractivity contribution in [2.24, 2.45) is 18.4 Å². The minimum atomic E-state index is -0.598. The maximum atomic E-state index is 12.5. The summed E-state index contributed by atoms with van der Waals surface area (Å²) < 4.78 is 1.49. The van der Waals surface area contributed by atoms with Gasteiger partial charge in [0.1, 0.15) is 6.07 Å². The minimum absolute atomic E-state index is 0.00807. The molecular formula is C16H19N3O2. The van der Waals surface area contributed by atoms with Gasteiger partial charge in [-0.2, -0.15) is 5.26 Å². The lowest BCUT2D eigenvalue weighted by Crippen LogP contribution is -2.51. The van der Waals surface area contributed by atoms with Gasteiger partial charge in [-0.25, -0.2) is 0 Å². The molecule has 0 aromatic carbocycles. The van der Waals surface area contributed by atoms with E-state index < -0.39 is 10.8 Å². The van der Waals surface area contributed by atoms with Crippen molar-refractivity contribution in [3.63, 3.8) is 0 Å². The summed E-state index contributed by atoms with van der Waals surface area (Å²) in [6.07, 6.45) is 3.22. The van der Waals surface area contributed by atoms with Gasteiger partial charge < -0.3 is 0 Å². The van der Waals surface area contributed by atoms with Crippen LogP contribution in [-0.2, 0) is 23.7 Å². The number of hydrogen-bond donors (Lipinski definition) is 1. The quantitative estimate of drug-likeness (QED) is 0.786. The zero-order valence-electron chi connectivity index (χ0n) is 12.8. The molecule has 0 saturated heterocycles. The van der Waals surface area contributed by atoms with Gasteiger partial charge in [0.05, 0.1) is 11.3 Å². The van der Waals surface area contributed by atoms with E-state index in [1.165, 1.54) is 4.68 Å². The van der Waals surface area contributed by atoms with Crippen LogP contribution in [0.3, 0.4) is 0 Å². The Bertz CT molecular complexity index is 772. The number of rotatable bonds is 0. The van der Waals surface area contributed by atoms with Crippen LogP contribution in [0.2, 0.25) is 0 Å². The standard InChI is InChI=1S/C16H19N3O2/c1-15(2)11-6-5-10-12(18-19(4)14(10)21)16(11,3)7-9(8-17)13(15)20/h7,11,18H,5-6H2,1-4H3. The number of allylic oxidation sites excluding steroid dienone is 2. The number of nitrogens with one attached hydrogen (secondary N) is 1. The average molecular weight is 285 g/mol. The predicted octanol–water partition coefficient (Wildman–Crippen LogP) is 1.59. The summed E-state index contributed by atoms with van der Waals surface area (Å²) in [6.45, 7) is 5.85. The van der Waals surface area contributed by atoms with E-state index in [0.29, 0.717) is 6.42 Å². The fourth-order valence-corrected chi connectivity index (χ4v) is 4.27. The first-order valence-electron chi connectivity index (χ1n) is 7.19. The van der Waals surface area contributed by atoms with Crippen LogP contribution in [-0.4, -0.2) is 15.6 Å². The van der Waals surface area contributed by atoms with Crippen LogP contribution in [0.25, 0.3) is 0 Å². The zero-order valence-corrected chi connectivity index (χ0v) is 12.8. The van der Waals surface area contributed by atoms with Crippen LogP contribution in [0.4, 0.5) is 0 Å². The molecule has 1 aromatic rings. The third-order valence-electron chi connectivity index (χ3n) is 5.36. The van der Waals surface area contributed by atoms with Gasteiger partial charge in [-0.15, -0.1) is 0 Å². The lowest BCUT2D eigenvalue weighted by Gasteiger charge is -2.49. The number of hydrogen-bond acceptors (Lipinski definition) is 3. The van der Waals surface area contributed by atoms with E-state index in [9.17, 15) is 14.9 Å². The fraction of sp³-hybridized carbons (Fsp3) is 0.562. The van der Waals surface area contributed by atoms with Crippen molar-refractivity contribution in [3.8, 4) is 6.07 Å². The van der Waals surface area contributed by atoms with E-state index in [1.54, 1.807) is 13.1 Å². The van der Waals surface area contributed by atoms with Gasteiger partial charge in [0, 0.05) is 23.4 Å². The number of nitrogens with zero attached hydrogens (tertiary/aromatic N) is 2. The molecule has 2 atom stereocenters. The molecule has 2 unspecified atom stereocenters. The second-order valence-electron chi connectivity index (χ2n) is 6.92. The van der Waals surface area contributed by atoms with Crippen LogP contribution in [0.5, 0.6) is 0 Å². The highest BCUT2D eigenvalue weighted by Gasteiger charge is 2.55. The fourth-order valence-electron chi connectivity index (χ4n) is 4.27. The number of aromatic amines is 1. The van der Waals surface area contributed by atoms with E-state index in [-0.39, 0.29) is 22.8 Å². The number of aryl methyl sites for hydroxylation is 1. The second kappa shape index (κ2) is 3.97. The third-order valence-corrected chi connectivity index (χ3v) is 5.36. The molecule has 1 heterocycles. The molecule has 3 rings (SSSR count). The van der Waals surface area contributed by atoms with Gasteiger partial charge >= 0.3 is 0 Å². The number of H-pyrrole nitrogens is 1. The molecular weight excluding hydrogens is 266 g/mol. The SMILES string of the molecule is Cn1[nH]c2c(c1=O)CCC1C(C)(C)C(=O)C(C#N)=CC21C. The summed E-state index contributed by atoms with van der Waals surface area (Å²) in [7, 11) is 1.70. The number of Topliss-reactive ketones (excluding diaryl/α,β-unsaturated/α-hetero) is 1. The molecule has 5 heteroatoms. The third kappa shape index (κ3) is 1.56. The number of aromatic nitrogens is 2. The molecule has 0 aliphatic heterocycles. The topological polar surface area (TPSA) is 78.7 Å². The average Bonchev–Trinajstić information content (AvgIpc) is 2.72. The summed E-state index contributed by atoms with van der Waals surface area (Å²) in [4.78, 5) is 24.7. The van der Waals surface area contributed by atoms with Gasteiger partial charge in [-0.3, -0.25) is 19.4 Å². The molecule has 21 heavy (non-hydrogen) atoms. The summed E-state index contributed by atoms with van der Waals surface area (Å²) in [5, 5.41) is 12.4. The van der Waals surface area contributed by atoms with Gasteiger partial charge in [0.15, 0.2) is 5.78 Å². The van der Waals surface area contributed by atoms with Crippen molar-refractivity contribution in [3.05, 3.63) is 33.3 Å². The summed E-state index contributed by atoms with van der Waals surface area (Å²) in [6, 6.07) is 2.03. The lowest BCUT2D eigenvalue weighted by atomic mass is 9.52. The Labute approximate surface area is 123 Å². The molecule has 0 fully saturated rings. The maximum absolute atomic E-state index is 12.5. The molecule has 110 valence electrons. The van der Waals surface area contributed by atoms with Crippen molar-refractivity contribution in [2.45, 2.75) is 39.0 Å². The Morgan fingerprint density at radius 3 is 2.67 bits per heavy atom. The second-order valence-corrected chi connectivity index (χ2v) is 6.92. The normalized spacial score (nSPS) is 30.1. The molecule has 5 nitrogen and oxygen atoms in total. The summed E-state index contributed by atoms with van der Waals surface area (Å²) in [5.41, 5.74) is 0.771. The smallest absolute Gasteiger partial charge is 0.269 e. The van der Waals surface area contributed by atoms with Crippen molar-refractivity contribution in [2.75, 3.05) is 0 Å². The number of nitriles is 1. The molecule has 1 N–H and O–H groups in total. The van der Waals surface area contributed by atoms with Crippen LogP contribution in [0.15, 0.2) is 16.4 Å². The predicted molar refractivity (Wildman–Crippen MR) is 77.7 cm³/mol. The number of carbonyl (C=O) groups is 1. The molecule has 2 aliphatic rings. The van der Waals surface area contributed by atoms with Crippen LogP contribution >= 0.6 is 0 Å². The molecule has 0 amide bonds. The van der Waals surface area contributed by atoms with E-state index in [0.717, 1.165) is 17.7 Å². The van der Waals surface area contributed by atoms with E-state index in [4.69, 9.17) is 0 Å². The van der Waals surface area contributed by atoms with Gasteiger partial charge in [-0.05, 0) is 18.8 Å². The van der Waals surface area contributed by atoms with Crippen molar-refractivity contribution in [1.29, 1.82) is 5.26 Å². The van der Waals surface area contributed by atoms with Crippen LogP contribution in [0, 0.1) is 22.7 Å². The highest BCUT2D eigenvalue weighted by atomic mass is 16.1. The first kappa shape index (κ1) is 13.9. The van der Waals surface area contributed by atoms with Crippen molar-refractivity contribution in [1.82, 2.24) is 9.78 Å². The number of ketones is 1. The summed E-state index contributed by atoms with van der Waals surface area (Å²) in [5.74, 6) is -0.00523. The Morgan fingerprint density at radius 2 is 2.05 bits per heavy atom. The van der Waals surface area contributed by atoms with Crippen LogP contribution < -0.4 is 5.56 Å². The largest absolute Gasteiger partial charge is 0.299 e. The highest BCUT2D eigenvalue weighted by molar-refractivity contribution is 6.04. The van der Waals surface area contributed by atoms with E-state index in [2.05, 4.69) is 5.10 Å². The van der Waals surface area contributed by atoms with Gasteiger partial charge in [0.2, 0.25) is 0 Å². The van der Waals surface area contributed by atoms with Crippen LogP contribution in [0.1, 0.15) is 38.4 Å². The van der Waals surface area contributed by atoms with Crippen molar-refractivity contribution < 1.29 is 4.79 Å². The maximum Gasteiger partial charge on any atom is 0.269 e. The Morgan fingerprint density at radius 1 is 1.38 bits per heavy atom. The summed E-state index contributed by atoms with van der Waals surface area (Å²) >= 11 is 0. The molecule has 0 bridgehead atoms. The molecule has 2 aliphatic carbocycles.